The maximum Gasteiger partial charge on any atom is 0.0795 e. The van der Waals surface area contributed by atoms with Gasteiger partial charge in [-0.1, -0.05) is 29.8 Å². The number of hydrogen-bond acceptors (Lipinski definition) is 3. The molecule has 0 saturated heterocycles. The molecule has 2 aromatic rings. The highest BCUT2D eigenvalue weighted by Crippen LogP contribution is 2.16. The molecule has 15 heavy (non-hydrogen) atoms. The van der Waals surface area contributed by atoms with Crippen LogP contribution in [-0.2, 0) is 6.42 Å². The lowest BCUT2D eigenvalue weighted by Gasteiger charge is -2.09. The Morgan fingerprint density at radius 3 is 3.00 bits per heavy atom. The van der Waals surface area contributed by atoms with Gasteiger partial charge in [-0.05, 0) is 18.9 Å². The predicted molar refractivity (Wildman–Crippen MR) is 63.9 cm³/mol. The third kappa shape index (κ3) is 2.64. The van der Waals surface area contributed by atoms with Crippen molar-refractivity contribution in [3.05, 3.63) is 52.0 Å². The smallest absolute Gasteiger partial charge is 0.0795 e. The molecule has 0 bridgehead atoms. The summed E-state index contributed by atoms with van der Waals surface area (Å²) < 4.78 is 0. The van der Waals surface area contributed by atoms with E-state index in [1.54, 1.807) is 11.3 Å². The maximum absolute atomic E-state index is 6.07. The molecule has 0 aliphatic rings. The lowest BCUT2D eigenvalue weighted by molar-refractivity contribution is 0.701. The fourth-order valence-corrected chi connectivity index (χ4v) is 2.22. The molecular weight excluding hydrogens is 204 g/mol. The molecule has 0 spiro atoms. The molecule has 2 nitrogen and oxygen atoms in total. The van der Waals surface area contributed by atoms with Crippen LogP contribution >= 0.6 is 11.3 Å². The van der Waals surface area contributed by atoms with Crippen molar-refractivity contribution in [1.82, 2.24) is 4.98 Å². The fourth-order valence-electron chi connectivity index (χ4n) is 1.60. The molecule has 78 valence electrons. The molecule has 3 heteroatoms. The zero-order chi connectivity index (χ0) is 10.7. The van der Waals surface area contributed by atoms with Gasteiger partial charge in [0.2, 0.25) is 0 Å². The Labute approximate surface area is 93.8 Å². The van der Waals surface area contributed by atoms with Crippen LogP contribution in [0.25, 0.3) is 0 Å². The summed E-state index contributed by atoms with van der Waals surface area (Å²) in [4.78, 5) is 4.23. The van der Waals surface area contributed by atoms with Gasteiger partial charge in [0.1, 0.15) is 0 Å². The second-order valence-corrected chi connectivity index (χ2v) is 4.43. The number of hydrogen-bond donors (Lipinski definition) is 1. The van der Waals surface area contributed by atoms with Crippen molar-refractivity contribution in [3.63, 3.8) is 0 Å². The molecule has 0 aliphatic carbocycles. The molecule has 1 heterocycles. The first kappa shape index (κ1) is 10.3. The van der Waals surface area contributed by atoms with Gasteiger partial charge in [-0.2, -0.15) is 0 Å². The van der Waals surface area contributed by atoms with Crippen molar-refractivity contribution in [3.8, 4) is 0 Å². The molecule has 2 rings (SSSR count). The monoisotopic (exact) mass is 218 g/mol. The van der Waals surface area contributed by atoms with Gasteiger partial charge >= 0.3 is 0 Å². The SMILES string of the molecule is Cc1cccc(CC(N)c2cscn2)c1. The first-order valence-corrected chi connectivity index (χ1v) is 5.89. The summed E-state index contributed by atoms with van der Waals surface area (Å²) in [5.41, 5.74) is 11.4. The summed E-state index contributed by atoms with van der Waals surface area (Å²) in [5, 5.41) is 2.01. The second kappa shape index (κ2) is 4.55. The van der Waals surface area contributed by atoms with Gasteiger partial charge in [0, 0.05) is 5.38 Å². The number of aryl methyl sites for hydroxylation is 1. The number of nitrogens with two attached hydrogens (primary N) is 1. The molecule has 2 N–H and O–H groups in total. The zero-order valence-electron chi connectivity index (χ0n) is 8.68. The van der Waals surface area contributed by atoms with E-state index in [9.17, 15) is 0 Å². The van der Waals surface area contributed by atoms with Crippen molar-refractivity contribution < 1.29 is 0 Å². The topological polar surface area (TPSA) is 38.9 Å². The average molecular weight is 218 g/mol. The lowest BCUT2D eigenvalue weighted by Crippen LogP contribution is -2.13. The van der Waals surface area contributed by atoms with Gasteiger partial charge in [-0.3, -0.25) is 0 Å². The average Bonchev–Trinajstić information content (AvgIpc) is 2.70. The van der Waals surface area contributed by atoms with Gasteiger partial charge in [-0.15, -0.1) is 11.3 Å². The standard InChI is InChI=1S/C12H14N2S/c1-9-3-2-4-10(5-9)6-11(13)12-7-15-8-14-12/h2-5,7-8,11H,6,13H2,1H3. The first-order chi connectivity index (χ1) is 7.25. The van der Waals surface area contributed by atoms with E-state index in [1.165, 1.54) is 11.1 Å². The highest BCUT2D eigenvalue weighted by Gasteiger charge is 2.08. The Morgan fingerprint density at radius 2 is 2.33 bits per heavy atom. The molecule has 0 aliphatic heterocycles. The van der Waals surface area contributed by atoms with E-state index < -0.39 is 0 Å². The van der Waals surface area contributed by atoms with E-state index in [1.807, 2.05) is 10.9 Å². The van der Waals surface area contributed by atoms with Crippen LogP contribution in [0.1, 0.15) is 22.9 Å². The lowest BCUT2D eigenvalue weighted by atomic mass is 10.0. The summed E-state index contributed by atoms with van der Waals surface area (Å²) in [6.45, 7) is 2.10. The molecule has 1 aromatic carbocycles. The largest absolute Gasteiger partial charge is 0.322 e. The zero-order valence-corrected chi connectivity index (χ0v) is 9.50. The third-order valence-corrected chi connectivity index (χ3v) is 2.97. The maximum atomic E-state index is 6.07. The highest BCUT2D eigenvalue weighted by atomic mass is 32.1. The minimum Gasteiger partial charge on any atom is -0.322 e. The molecule has 0 fully saturated rings. The van der Waals surface area contributed by atoms with E-state index >= 15 is 0 Å². The summed E-state index contributed by atoms with van der Waals surface area (Å²) >= 11 is 1.59. The van der Waals surface area contributed by atoms with E-state index in [2.05, 4.69) is 36.2 Å². The molecule has 0 radical (unpaired) electrons. The Morgan fingerprint density at radius 1 is 1.47 bits per heavy atom. The molecular formula is C12H14N2S. The third-order valence-electron chi connectivity index (χ3n) is 2.37. The van der Waals surface area contributed by atoms with Crippen LogP contribution in [0.15, 0.2) is 35.2 Å². The number of aromatic nitrogens is 1. The van der Waals surface area contributed by atoms with Crippen molar-refractivity contribution in [2.45, 2.75) is 19.4 Å². The molecule has 0 amide bonds. The van der Waals surface area contributed by atoms with E-state index in [-0.39, 0.29) is 6.04 Å². The van der Waals surface area contributed by atoms with Gasteiger partial charge in [-0.25, -0.2) is 4.98 Å². The van der Waals surface area contributed by atoms with Crippen LogP contribution < -0.4 is 5.73 Å². The van der Waals surface area contributed by atoms with Gasteiger partial charge in [0.05, 0.1) is 17.2 Å². The summed E-state index contributed by atoms with van der Waals surface area (Å²) in [6, 6.07) is 8.46. The quantitative estimate of drug-likeness (QED) is 0.860. The molecule has 1 atom stereocenters. The Hall–Kier alpha value is -1.19. The van der Waals surface area contributed by atoms with Crippen molar-refractivity contribution >= 4 is 11.3 Å². The Balaban J connectivity index is 2.09. The normalized spacial score (nSPS) is 12.7. The van der Waals surface area contributed by atoms with Crippen molar-refractivity contribution in [2.75, 3.05) is 0 Å². The van der Waals surface area contributed by atoms with Crippen LogP contribution in [0, 0.1) is 6.92 Å². The highest BCUT2D eigenvalue weighted by molar-refractivity contribution is 7.07. The first-order valence-electron chi connectivity index (χ1n) is 4.95. The van der Waals surface area contributed by atoms with Crippen LogP contribution in [0.2, 0.25) is 0 Å². The van der Waals surface area contributed by atoms with Crippen molar-refractivity contribution in [1.29, 1.82) is 0 Å². The minimum atomic E-state index is 0.0121. The Bertz CT molecular complexity index is 423. The molecule has 1 unspecified atom stereocenters. The fraction of sp³-hybridized carbons (Fsp3) is 0.250. The van der Waals surface area contributed by atoms with Crippen LogP contribution in [0.4, 0.5) is 0 Å². The summed E-state index contributed by atoms with van der Waals surface area (Å²) in [6.07, 6.45) is 0.853. The van der Waals surface area contributed by atoms with E-state index in [0.717, 1.165) is 12.1 Å². The summed E-state index contributed by atoms with van der Waals surface area (Å²) in [5.74, 6) is 0. The second-order valence-electron chi connectivity index (χ2n) is 3.71. The summed E-state index contributed by atoms with van der Waals surface area (Å²) in [7, 11) is 0. The van der Waals surface area contributed by atoms with E-state index in [4.69, 9.17) is 5.73 Å². The molecule has 0 saturated carbocycles. The minimum absolute atomic E-state index is 0.0121. The van der Waals surface area contributed by atoms with Crippen LogP contribution in [0.5, 0.6) is 0 Å². The number of thiazole rings is 1. The van der Waals surface area contributed by atoms with Crippen molar-refractivity contribution in [2.24, 2.45) is 5.73 Å². The van der Waals surface area contributed by atoms with Gasteiger partial charge in [0.25, 0.3) is 0 Å². The number of rotatable bonds is 3. The van der Waals surface area contributed by atoms with E-state index in [0.29, 0.717) is 0 Å². The van der Waals surface area contributed by atoms with Crippen LogP contribution in [-0.4, -0.2) is 4.98 Å². The number of benzene rings is 1. The molecule has 1 aromatic heterocycles. The van der Waals surface area contributed by atoms with Gasteiger partial charge < -0.3 is 5.73 Å². The Kier molecular flexibility index (Phi) is 3.14. The predicted octanol–water partition coefficient (Wildman–Crippen LogP) is 2.69. The van der Waals surface area contributed by atoms with Crippen LogP contribution in [0.3, 0.4) is 0 Å². The number of nitrogens with zero attached hydrogens (tertiary/aromatic N) is 1. The van der Waals surface area contributed by atoms with Gasteiger partial charge in [0.15, 0.2) is 0 Å².